The number of carbonyl (C=O) groups excluding carboxylic acids is 1. The van der Waals surface area contributed by atoms with Gasteiger partial charge in [-0.05, 0) is 79.7 Å². The first-order chi connectivity index (χ1) is 15.9. The van der Waals surface area contributed by atoms with Gasteiger partial charge in [-0.2, -0.15) is 8.42 Å². The van der Waals surface area contributed by atoms with Crippen molar-refractivity contribution in [1.29, 1.82) is 0 Å². The van der Waals surface area contributed by atoms with Crippen molar-refractivity contribution in [3.63, 3.8) is 0 Å². The lowest BCUT2D eigenvalue weighted by Gasteiger charge is -2.62. The highest BCUT2D eigenvalue weighted by atomic mass is 32.2. The van der Waals surface area contributed by atoms with E-state index in [0.29, 0.717) is 40.2 Å². The summed E-state index contributed by atoms with van der Waals surface area (Å²) in [6.45, 7) is 0. The topological polar surface area (TPSA) is 80.7 Å². The van der Waals surface area contributed by atoms with Crippen LogP contribution in [0.2, 0.25) is 0 Å². The molecule has 176 valence electrons. The third kappa shape index (κ3) is 3.52. The van der Waals surface area contributed by atoms with Crippen molar-refractivity contribution in [3.05, 3.63) is 36.4 Å². The maximum atomic E-state index is 13.6. The molecule has 0 spiro atoms. The van der Waals surface area contributed by atoms with Crippen molar-refractivity contribution >= 4 is 26.9 Å². The van der Waals surface area contributed by atoms with E-state index in [9.17, 15) is 17.8 Å². The summed E-state index contributed by atoms with van der Waals surface area (Å²) in [7, 11) is -4.37. The molecule has 2 aromatic carbocycles. The van der Waals surface area contributed by atoms with Gasteiger partial charge in [-0.1, -0.05) is 49.9 Å². The maximum absolute atomic E-state index is 13.6. The Labute approximate surface area is 195 Å². The van der Waals surface area contributed by atoms with E-state index in [4.69, 9.17) is 4.74 Å². The van der Waals surface area contributed by atoms with Gasteiger partial charge in [0, 0.05) is 10.8 Å². The molecule has 7 rings (SSSR count). The summed E-state index contributed by atoms with van der Waals surface area (Å²) in [6, 6.07) is 9.73. The van der Waals surface area contributed by atoms with Crippen LogP contribution in [0.5, 0.6) is 5.75 Å². The Balaban J connectivity index is 1.33. The summed E-state index contributed by atoms with van der Waals surface area (Å²) in [4.78, 5) is 13.5. The molecule has 2 bridgehead atoms. The molecule has 5 aliphatic rings. The molecular formula is C27H32O5S. The van der Waals surface area contributed by atoms with Crippen LogP contribution in [0.4, 0.5) is 0 Å². The highest BCUT2D eigenvalue weighted by Gasteiger charge is 2.59. The Kier molecular flexibility index (Phi) is 5.29. The lowest BCUT2D eigenvalue weighted by molar-refractivity contribution is -0.171. The minimum Gasteiger partial charge on any atom is -0.426 e. The monoisotopic (exact) mass is 468 g/mol. The third-order valence-corrected chi connectivity index (χ3v) is 10.4. The fourth-order valence-electron chi connectivity index (χ4n) is 8.42. The molecule has 5 unspecified atom stereocenters. The number of carbonyl (C=O) groups is 1. The summed E-state index contributed by atoms with van der Waals surface area (Å²) >= 11 is 0. The standard InChI is InChI=1S/C27H32O5S/c28-27(32-24-13-14-25(33(29,30)31)19-10-4-3-9-18(19)24)23-15-22-16-7-1-5-11-20(16)26(23)21-12-6-2-8-17(21)22/h3-4,9-10,13-14,16-17,20-23,26H,1-2,5-8,11-12,15H2,(H,29,30,31). The molecule has 0 radical (unpaired) electrons. The van der Waals surface area contributed by atoms with E-state index < -0.39 is 10.1 Å². The molecule has 0 heterocycles. The SMILES string of the molecule is O=C(Oc1ccc(S(=O)(=O)O)c2ccccc12)C1CC2C3CCCCC3C1C1CCCCC21. The van der Waals surface area contributed by atoms with E-state index in [0.717, 1.165) is 18.3 Å². The van der Waals surface area contributed by atoms with Gasteiger partial charge in [-0.25, -0.2) is 0 Å². The van der Waals surface area contributed by atoms with E-state index in [1.165, 1.54) is 63.5 Å². The minimum absolute atomic E-state index is 0.0614. The number of hydrogen-bond donors (Lipinski definition) is 1. The fourth-order valence-corrected chi connectivity index (χ4v) is 9.12. The molecule has 0 aromatic heterocycles. The zero-order valence-corrected chi connectivity index (χ0v) is 19.7. The second-order valence-corrected chi connectivity index (χ2v) is 12.2. The molecular weight excluding hydrogens is 436 g/mol. The van der Waals surface area contributed by atoms with E-state index >= 15 is 0 Å². The average Bonchev–Trinajstić information content (AvgIpc) is 2.83. The summed E-state index contributed by atoms with van der Waals surface area (Å²) < 4.78 is 39.3. The van der Waals surface area contributed by atoms with Gasteiger partial charge >= 0.3 is 5.97 Å². The number of benzene rings is 2. The molecule has 0 saturated heterocycles. The first-order valence-electron chi connectivity index (χ1n) is 12.6. The lowest BCUT2D eigenvalue weighted by Crippen LogP contribution is -2.58. The van der Waals surface area contributed by atoms with E-state index in [1.807, 2.05) is 0 Å². The van der Waals surface area contributed by atoms with Gasteiger partial charge in [-0.3, -0.25) is 9.35 Å². The van der Waals surface area contributed by atoms with Gasteiger partial charge in [-0.15, -0.1) is 0 Å². The highest BCUT2D eigenvalue weighted by molar-refractivity contribution is 7.86. The molecule has 6 heteroatoms. The van der Waals surface area contributed by atoms with Gasteiger partial charge in [0.05, 0.1) is 5.92 Å². The summed E-state index contributed by atoms with van der Waals surface area (Å²) in [5.41, 5.74) is 0. The number of rotatable bonds is 3. The first-order valence-corrected chi connectivity index (χ1v) is 14.1. The zero-order chi connectivity index (χ0) is 22.7. The van der Waals surface area contributed by atoms with Crippen molar-refractivity contribution in [2.45, 2.75) is 62.7 Å². The number of fused-ring (bicyclic) bond motifs is 2. The van der Waals surface area contributed by atoms with E-state index in [-0.39, 0.29) is 16.8 Å². The van der Waals surface area contributed by atoms with E-state index in [2.05, 4.69) is 0 Å². The molecule has 5 nitrogen and oxygen atoms in total. The van der Waals surface area contributed by atoms with E-state index in [1.54, 1.807) is 24.3 Å². The second-order valence-electron chi connectivity index (χ2n) is 10.8. The van der Waals surface area contributed by atoms with Crippen LogP contribution in [0.3, 0.4) is 0 Å². The Bertz CT molecular complexity index is 1160. The van der Waals surface area contributed by atoms with Crippen LogP contribution in [0.25, 0.3) is 10.8 Å². The van der Waals surface area contributed by atoms with Crippen molar-refractivity contribution in [1.82, 2.24) is 0 Å². The van der Waals surface area contributed by atoms with Crippen molar-refractivity contribution in [2.75, 3.05) is 0 Å². The van der Waals surface area contributed by atoms with Crippen molar-refractivity contribution < 1.29 is 22.5 Å². The summed E-state index contributed by atoms with van der Waals surface area (Å²) in [6.07, 6.45) is 11.4. The van der Waals surface area contributed by atoms with Crippen molar-refractivity contribution in [2.24, 2.45) is 41.4 Å². The predicted octanol–water partition coefficient (Wildman–Crippen LogP) is 5.87. The summed E-state index contributed by atoms with van der Waals surface area (Å²) in [5.74, 6) is 4.16. The highest BCUT2D eigenvalue weighted by Crippen LogP contribution is 2.64. The van der Waals surface area contributed by atoms with Crippen LogP contribution in [-0.2, 0) is 14.9 Å². The van der Waals surface area contributed by atoms with Crippen molar-refractivity contribution in [3.8, 4) is 5.75 Å². The first kappa shape index (κ1) is 21.6. The quantitative estimate of drug-likeness (QED) is 0.346. The Morgan fingerprint density at radius 3 is 1.97 bits per heavy atom. The normalized spacial score (nSPS) is 35.6. The second kappa shape index (κ2) is 8.09. The lowest BCUT2D eigenvalue weighted by atomic mass is 9.42. The Morgan fingerprint density at radius 2 is 1.36 bits per heavy atom. The summed E-state index contributed by atoms with van der Waals surface area (Å²) in [5, 5.41) is 0.906. The zero-order valence-electron chi connectivity index (χ0n) is 18.9. The molecule has 5 atom stereocenters. The molecule has 5 aliphatic carbocycles. The van der Waals surface area contributed by atoms with Crippen LogP contribution in [0.15, 0.2) is 41.3 Å². The van der Waals surface area contributed by atoms with Gasteiger partial charge in [0.2, 0.25) is 0 Å². The number of hydrogen-bond acceptors (Lipinski definition) is 4. The van der Waals surface area contributed by atoms with Crippen LogP contribution in [0, 0.1) is 41.4 Å². The van der Waals surface area contributed by atoms with Crippen LogP contribution in [-0.4, -0.2) is 18.9 Å². The van der Waals surface area contributed by atoms with Gasteiger partial charge in [0.1, 0.15) is 10.6 Å². The predicted molar refractivity (Wildman–Crippen MR) is 125 cm³/mol. The van der Waals surface area contributed by atoms with Crippen LogP contribution >= 0.6 is 0 Å². The van der Waals surface area contributed by atoms with Crippen LogP contribution in [0.1, 0.15) is 57.8 Å². The van der Waals surface area contributed by atoms with Crippen LogP contribution < -0.4 is 4.74 Å². The smallest absolute Gasteiger partial charge is 0.314 e. The minimum atomic E-state index is -4.37. The molecule has 1 N–H and O–H groups in total. The number of esters is 1. The largest absolute Gasteiger partial charge is 0.426 e. The molecule has 5 saturated carbocycles. The molecule has 0 amide bonds. The number of ether oxygens (including phenoxy) is 1. The molecule has 5 fully saturated rings. The van der Waals surface area contributed by atoms with Gasteiger partial charge in [0.15, 0.2) is 0 Å². The fraction of sp³-hybridized carbons (Fsp3) is 0.593. The Hall–Kier alpha value is -1.92. The third-order valence-electron chi connectivity index (χ3n) is 9.46. The average molecular weight is 469 g/mol. The van der Waals surface area contributed by atoms with Gasteiger partial charge in [0.25, 0.3) is 10.1 Å². The van der Waals surface area contributed by atoms with Gasteiger partial charge < -0.3 is 4.74 Å². The maximum Gasteiger partial charge on any atom is 0.314 e. The molecule has 0 aliphatic heterocycles. The Morgan fingerprint density at radius 1 is 0.788 bits per heavy atom. The molecule has 33 heavy (non-hydrogen) atoms. The molecule has 2 aromatic rings.